The number of nitrogens with one attached hydrogen (secondary N) is 1. The van der Waals surface area contributed by atoms with Crippen LogP contribution in [-0.2, 0) is 7.05 Å². The van der Waals surface area contributed by atoms with E-state index < -0.39 is 0 Å². The number of aromatic nitrogens is 2. The fourth-order valence-electron chi connectivity index (χ4n) is 2.97. The minimum absolute atomic E-state index is 0.0380. The van der Waals surface area contributed by atoms with Crippen LogP contribution < -0.4 is 5.32 Å². The number of rotatable bonds is 6. The molecule has 1 aromatic heterocycles. The van der Waals surface area contributed by atoms with E-state index in [1.54, 1.807) is 0 Å². The van der Waals surface area contributed by atoms with Crippen LogP contribution in [0.25, 0.3) is 11.0 Å². The smallest absolute Gasteiger partial charge is 0.126 e. The van der Waals surface area contributed by atoms with Crippen LogP contribution in [0.2, 0.25) is 5.02 Å². The van der Waals surface area contributed by atoms with E-state index in [2.05, 4.69) is 30.7 Å². The Hall–Kier alpha value is -1.10. The molecule has 0 saturated heterocycles. The standard InChI is InChI=1S/C17H26ClN3O/c1-11(22)9-17(3,4)10-19-12(2)16-20-14-8-13(18)6-7-15(14)21(16)5/h6-8,11-12,19,22H,9-10H2,1-5H3. The summed E-state index contributed by atoms with van der Waals surface area (Å²) in [4.78, 5) is 4.70. The summed E-state index contributed by atoms with van der Waals surface area (Å²) in [6, 6.07) is 5.91. The molecule has 1 heterocycles. The molecule has 1 aromatic carbocycles. The lowest BCUT2D eigenvalue weighted by atomic mass is 9.87. The highest BCUT2D eigenvalue weighted by Gasteiger charge is 2.22. The molecule has 2 atom stereocenters. The van der Waals surface area contributed by atoms with Crippen molar-refractivity contribution in [3.05, 3.63) is 29.0 Å². The average molecular weight is 324 g/mol. The molecule has 122 valence electrons. The second-order valence-corrected chi connectivity index (χ2v) is 7.42. The van der Waals surface area contributed by atoms with Gasteiger partial charge in [0.1, 0.15) is 5.82 Å². The molecule has 4 nitrogen and oxygen atoms in total. The molecule has 2 rings (SSSR count). The number of nitrogens with zero attached hydrogens (tertiary/aromatic N) is 2. The van der Waals surface area contributed by atoms with Gasteiger partial charge in [-0.3, -0.25) is 0 Å². The molecule has 0 aliphatic carbocycles. The van der Waals surface area contributed by atoms with Crippen LogP contribution >= 0.6 is 11.6 Å². The lowest BCUT2D eigenvalue weighted by molar-refractivity contribution is 0.126. The van der Waals surface area contributed by atoms with E-state index in [1.807, 2.05) is 32.2 Å². The largest absolute Gasteiger partial charge is 0.393 e. The Balaban J connectivity index is 2.13. The van der Waals surface area contributed by atoms with E-state index >= 15 is 0 Å². The van der Waals surface area contributed by atoms with Crippen LogP contribution in [-0.4, -0.2) is 27.3 Å². The van der Waals surface area contributed by atoms with Crippen molar-refractivity contribution in [2.24, 2.45) is 12.5 Å². The van der Waals surface area contributed by atoms with Crippen molar-refractivity contribution >= 4 is 22.6 Å². The fourth-order valence-corrected chi connectivity index (χ4v) is 3.14. The second kappa shape index (κ2) is 6.57. The first-order valence-corrected chi connectivity index (χ1v) is 8.11. The van der Waals surface area contributed by atoms with E-state index in [9.17, 15) is 5.11 Å². The van der Waals surface area contributed by atoms with E-state index in [-0.39, 0.29) is 17.6 Å². The number of benzene rings is 1. The summed E-state index contributed by atoms with van der Waals surface area (Å²) >= 11 is 6.04. The van der Waals surface area contributed by atoms with Gasteiger partial charge in [-0.05, 0) is 43.9 Å². The zero-order valence-corrected chi connectivity index (χ0v) is 14.8. The van der Waals surface area contributed by atoms with Gasteiger partial charge in [0.25, 0.3) is 0 Å². The van der Waals surface area contributed by atoms with Gasteiger partial charge in [-0.15, -0.1) is 0 Å². The third-order valence-corrected chi connectivity index (χ3v) is 4.23. The maximum Gasteiger partial charge on any atom is 0.126 e. The maximum atomic E-state index is 9.58. The van der Waals surface area contributed by atoms with Crippen molar-refractivity contribution in [2.75, 3.05) is 6.54 Å². The minimum Gasteiger partial charge on any atom is -0.393 e. The summed E-state index contributed by atoms with van der Waals surface area (Å²) in [6.45, 7) is 9.09. The summed E-state index contributed by atoms with van der Waals surface area (Å²) in [6.07, 6.45) is 0.482. The maximum absolute atomic E-state index is 9.58. The van der Waals surface area contributed by atoms with Crippen LogP contribution in [0.4, 0.5) is 0 Å². The molecule has 2 N–H and O–H groups in total. The van der Waals surface area contributed by atoms with Crippen LogP contribution in [0.5, 0.6) is 0 Å². The van der Waals surface area contributed by atoms with E-state index in [4.69, 9.17) is 16.6 Å². The van der Waals surface area contributed by atoms with Crippen molar-refractivity contribution in [3.8, 4) is 0 Å². The average Bonchev–Trinajstić information content (AvgIpc) is 2.71. The van der Waals surface area contributed by atoms with Crippen LogP contribution in [0.15, 0.2) is 18.2 Å². The number of aryl methyl sites for hydroxylation is 1. The van der Waals surface area contributed by atoms with Crippen molar-refractivity contribution in [1.82, 2.24) is 14.9 Å². The van der Waals surface area contributed by atoms with E-state index in [1.165, 1.54) is 0 Å². The molecule has 5 heteroatoms. The molecule has 0 aliphatic rings. The number of aliphatic hydroxyl groups is 1. The summed E-state index contributed by atoms with van der Waals surface area (Å²) in [5.74, 6) is 0.991. The van der Waals surface area contributed by atoms with Gasteiger partial charge in [0.05, 0.1) is 23.2 Å². The molecular formula is C17H26ClN3O. The highest BCUT2D eigenvalue weighted by Crippen LogP contribution is 2.25. The Morgan fingerprint density at radius 3 is 2.68 bits per heavy atom. The van der Waals surface area contributed by atoms with Crippen molar-refractivity contribution < 1.29 is 5.11 Å². The Bertz CT molecular complexity index is 649. The first-order chi connectivity index (χ1) is 10.2. The predicted octanol–water partition coefficient (Wildman–Crippen LogP) is 3.67. The lowest BCUT2D eigenvalue weighted by Crippen LogP contribution is -2.34. The van der Waals surface area contributed by atoms with Gasteiger partial charge in [0.2, 0.25) is 0 Å². The molecule has 0 spiro atoms. The Morgan fingerprint density at radius 2 is 2.05 bits per heavy atom. The third kappa shape index (κ3) is 4.00. The van der Waals surface area contributed by atoms with Gasteiger partial charge in [-0.2, -0.15) is 0 Å². The molecule has 0 amide bonds. The number of hydrogen-bond acceptors (Lipinski definition) is 3. The zero-order chi connectivity index (χ0) is 16.5. The number of halogens is 1. The van der Waals surface area contributed by atoms with E-state index in [0.717, 1.165) is 29.8 Å². The molecule has 0 fully saturated rings. The summed E-state index contributed by atoms with van der Waals surface area (Å²) in [5, 5.41) is 13.8. The highest BCUT2D eigenvalue weighted by molar-refractivity contribution is 6.31. The Kier molecular flexibility index (Phi) is 5.15. The second-order valence-electron chi connectivity index (χ2n) is 6.98. The van der Waals surface area contributed by atoms with Crippen LogP contribution in [0.1, 0.15) is 46.0 Å². The van der Waals surface area contributed by atoms with Gasteiger partial charge < -0.3 is 15.0 Å². The van der Waals surface area contributed by atoms with Crippen LogP contribution in [0.3, 0.4) is 0 Å². The summed E-state index contributed by atoms with van der Waals surface area (Å²) in [7, 11) is 2.03. The van der Waals surface area contributed by atoms with Gasteiger partial charge in [-0.1, -0.05) is 25.4 Å². The normalized spacial score (nSPS) is 15.2. The van der Waals surface area contributed by atoms with Gasteiger partial charge in [-0.25, -0.2) is 4.98 Å². The first-order valence-electron chi connectivity index (χ1n) is 7.73. The topological polar surface area (TPSA) is 50.1 Å². The zero-order valence-electron chi connectivity index (χ0n) is 14.0. The molecular weight excluding hydrogens is 298 g/mol. The van der Waals surface area contributed by atoms with Crippen molar-refractivity contribution in [2.45, 2.75) is 46.3 Å². The minimum atomic E-state index is -0.287. The quantitative estimate of drug-likeness (QED) is 0.852. The SMILES string of the molecule is CC(O)CC(C)(C)CNC(C)c1nc2cc(Cl)ccc2n1C. The number of fused-ring (bicyclic) bond motifs is 1. The van der Waals surface area contributed by atoms with Crippen molar-refractivity contribution in [1.29, 1.82) is 0 Å². The van der Waals surface area contributed by atoms with E-state index in [0.29, 0.717) is 5.02 Å². The lowest BCUT2D eigenvalue weighted by Gasteiger charge is -2.28. The molecule has 0 saturated carbocycles. The Labute approximate surface area is 137 Å². The number of aliphatic hydroxyl groups excluding tert-OH is 1. The first kappa shape index (κ1) is 17.3. The molecule has 22 heavy (non-hydrogen) atoms. The third-order valence-electron chi connectivity index (χ3n) is 4.00. The van der Waals surface area contributed by atoms with Gasteiger partial charge in [0, 0.05) is 18.6 Å². The number of hydrogen-bond donors (Lipinski definition) is 2. The van der Waals surface area contributed by atoms with Gasteiger partial charge in [0.15, 0.2) is 0 Å². The summed E-state index contributed by atoms with van der Waals surface area (Å²) < 4.78 is 2.10. The van der Waals surface area contributed by atoms with Crippen molar-refractivity contribution in [3.63, 3.8) is 0 Å². The Morgan fingerprint density at radius 1 is 1.36 bits per heavy atom. The monoisotopic (exact) mass is 323 g/mol. The fraction of sp³-hybridized carbons (Fsp3) is 0.588. The molecule has 2 unspecified atom stereocenters. The van der Waals surface area contributed by atoms with Crippen LogP contribution in [0, 0.1) is 5.41 Å². The predicted molar refractivity (Wildman–Crippen MR) is 92.2 cm³/mol. The van der Waals surface area contributed by atoms with Gasteiger partial charge >= 0.3 is 0 Å². The summed E-state index contributed by atoms with van der Waals surface area (Å²) in [5.41, 5.74) is 2.04. The molecule has 0 aliphatic heterocycles. The highest BCUT2D eigenvalue weighted by atomic mass is 35.5. The molecule has 2 aromatic rings. The molecule has 0 bridgehead atoms. The number of imidazole rings is 1. The molecule has 0 radical (unpaired) electrons.